The number of carbonyl (C=O) groups is 1. The summed E-state index contributed by atoms with van der Waals surface area (Å²) in [7, 11) is 0. The molecular weight excluding hydrogens is 444 g/mol. The van der Waals surface area contributed by atoms with Gasteiger partial charge in [-0.25, -0.2) is 9.78 Å². The maximum Gasteiger partial charge on any atom is 0.321 e. The summed E-state index contributed by atoms with van der Waals surface area (Å²) >= 11 is 1.29. The summed E-state index contributed by atoms with van der Waals surface area (Å²) in [6.07, 6.45) is 1.56. The SMILES string of the molecule is CCOc1ccc(NC(=O)N2CCN(c3cc(=O)n4nc(-c5ccco5)sc4n3)CC2)cc1. The minimum Gasteiger partial charge on any atom is -0.494 e. The number of hydrogen-bond acceptors (Lipinski definition) is 8. The molecule has 1 fully saturated rings. The van der Waals surface area contributed by atoms with Crippen molar-refractivity contribution in [1.29, 1.82) is 0 Å². The van der Waals surface area contributed by atoms with Gasteiger partial charge < -0.3 is 24.3 Å². The molecule has 170 valence electrons. The molecule has 33 heavy (non-hydrogen) atoms. The Labute approximate surface area is 193 Å². The van der Waals surface area contributed by atoms with Crippen molar-refractivity contribution in [3.05, 3.63) is 59.1 Å². The third kappa shape index (κ3) is 4.40. The van der Waals surface area contributed by atoms with Crippen molar-refractivity contribution in [3.8, 4) is 16.5 Å². The maximum atomic E-state index is 12.6. The Balaban J connectivity index is 1.24. The second-order valence-electron chi connectivity index (χ2n) is 7.39. The lowest BCUT2D eigenvalue weighted by Crippen LogP contribution is -2.50. The number of nitrogens with zero attached hydrogens (tertiary/aromatic N) is 5. The summed E-state index contributed by atoms with van der Waals surface area (Å²) < 4.78 is 12.1. The summed E-state index contributed by atoms with van der Waals surface area (Å²) in [5.74, 6) is 1.95. The van der Waals surface area contributed by atoms with Crippen LogP contribution in [-0.4, -0.2) is 58.3 Å². The number of anilines is 2. The standard InChI is InChI=1S/C22H22N6O4S/c1-2-31-16-7-5-15(6-8-16)23-21(30)27-11-9-26(10-12-27)18-14-19(29)28-22(24-18)33-20(25-28)17-4-3-13-32-17/h3-8,13-14H,2,9-12H2,1H3,(H,23,30). The van der Waals surface area contributed by atoms with Gasteiger partial charge in [0.2, 0.25) is 4.96 Å². The van der Waals surface area contributed by atoms with Crippen molar-refractivity contribution >= 4 is 33.8 Å². The zero-order valence-electron chi connectivity index (χ0n) is 17.9. The molecule has 0 unspecified atom stereocenters. The van der Waals surface area contributed by atoms with Crippen LogP contribution in [0.15, 0.2) is 57.9 Å². The lowest BCUT2D eigenvalue weighted by molar-refractivity contribution is 0.208. The van der Waals surface area contributed by atoms with Gasteiger partial charge in [0, 0.05) is 37.9 Å². The fraction of sp³-hybridized carbons (Fsp3) is 0.273. The van der Waals surface area contributed by atoms with E-state index in [1.165, 1.54) is 21.9 Å². The predicted octanol–water partition coefficient (Wildman–Crippen LogP) is 3.16. The molecule has 1 aliphatic heterocycles. The Morgan fingerprint density at radius 1 is 1.18 bits per heavy atom. The fourth-order valence-electron chi connectivity index (χ4n) is 3.60. The molecule has 0 atom stereocenters. The van der Waals surface area contributed by atoms with E-state index in [4.69, 9.17) is 9.15 Å². The van der Waals surface area contributed by atoms with Crippen LogP contribution in [0, 0.1) is 0 Å². The first kappa shape index (κ1) is 21.0. The molecule has 0 radical (unpaired) electrons. The molecule has 1 aromatic carbocycles. The number of rotatable bonds is 5. The number of aromatic nitrogens is 3. The minimum absolute atomic E-state index is 0.159. The molecule has 0 bridgehead atoms. The van der Waals surface area contributed by atoms with E-state index in [1.54, 1.807) is 23.3 Å². The second kappa shape index (κ2) is 8.94. The highest BCUT2D eigenvalue weighted by atomic mass is 32.1. The number of urea groups is 1. The molecule has 4 aromatic rings. The van der Waals surface area contributed by atoms with Crippen molar-refractivity contribution in [2.75, 3.05) is 43.0 Å². The molecule has 0 saturated carbocycles. The van der Waals surface area contributed by atoms with Gasteiger partial charge in [0.25, 0.3) is 5.56 Å². The van der Waals surface area contributed by atoms with Crippen LogP contribution in [0.4, 0.5) is 16.3 Å². The van der Waals surface area contributed by atoms with E-state index in [0.29, 0.717) is 60.0 Å². The molecule has 1 aliphatic rings. The van der Waals surface area contributed by atoms with E-state index < -0.39 is 0 Å². The number of piperazine rings is 1. The molecule has 1 N–H and O–H groups in total. The summed E-state index contributed by atoms with van der Waals surface area (Å²) in [4.78, 5) is 34.1. The number of furan rings is 1. The van der Waals surface area contributed by atoms with E-state index in [-0.39, 0.29) is 11.6 Å². The third-order valence-electron chi connectivity index (χ3n) is 5.27. The van der Waals surface area contributed by atoms with Crippen molar-refractivity contribution in [3.63, 3.8) is 0 Å². The fourth-order valence-corrected chi connectivity index (χ4v) is 4.47. The Bertz CT molecular complexity index is 1310. The Morgan fingerprint density at radius 2 is 1.97 bits per heavy atom. The molecule has 0 spiro atoms. The molecule has 0 aliphatic carbocycles. The maximum absolute atomic E-state index is 12.6. The first-order valence-electron chi connectivity index (χ1n) is 10.6. The highest BCUT2D eigenvalue weighted by Crippen LogP contribution is 2.25. The van der Waals surface area contributed by atoms with Gasteiger partial charge in [-0.2, -0.15) is 4.52 Å². The number of fused-ring (bicyclic) bond motifs is 1. The van der Waals surface area contributed by atoms with Crippen molar-refractivity contribution in [2.24, 2.45) is 0 Å². The van der Waals surface area contributed by atoms with Crippen molar-refractivity contribution in [1.82, 2.24) is 19.5 Å². The summed E-state index contributed by atoms with van der Waals surface area (Å²) in [6, 6.07) is 12.2. The summed E-state index contributed by atoms with van der Waals surface area (Å²) in [6.45, 7) is 4.70. The van der Waals surface area contributed by atoms with E-state index in [1.807, 2.05) is 36.1 Å². The Hall–Kier alpha value is -3.86. The molecule has 11 heteroatoms. The lowest BCUT2D eigenvalue weighted by atomic mass is 10.3. The topological polar surface area (TPSA) is 105 Å². The van der Waals surface area contributed by atoms with Crippen LogP contribution < -0.4 is 20.5 Å². The lowest BCUT2D eigenvalue weighted by Gasteiger charge is -2.35. The van der Waals surface area contributed by atoms with E-state index >= 15 is 0 Å². The zero-order valence-corrected chi connectivity index (χ0v) is 18.7. The van der Waals surface area contributed by atoms with Crippen LogP contribution in [0.1, 0.15) is 6.92 Å². The highest BCUT2D eigenvalue weighted by Gasteiger charge is 2.23. The van der Waals surface area contributed by atoms with Crippen LogP contribution >= 0.6 is 11.3 Å². The van der Waals surface area contributed by atoms with Crippen LogP contribution in [0.25, 0.3) is 15.7 Å². The normalized spacial score (nSPS) is 14.0. The van der Waals surface area contributed by atoms with E-state index in [0.717, 1.165) is 5.75 Å². The molecule has 5 rings (SSSR count). The highest BCUT2D eigenvalue weighted by molar-refractivity contribution is 7.19. The Kier molecular flexibility index (Phi) is 5.69. The average Bonchev–Trinajstić information content (AvgIpc) is 3.51. The number of amides is 2. The van der Waals surface area contributed by atoms with Crippen molar-refractivity contribution < 1.29 is 13.9 Å². The summed E-state index contributed by atoms with van der Waals surface area (Å²) in [5.41, 5.74) is 0.461. The first-order valence-corrected chi connectivity index (χ1v) is 11.4. The van der Waals surface area contributed by atoms with Crippen LogP contribution in [0.3, 0.4) is 0 Å². The molecule has 4 heterocycles. The van der Waals surface area contributed by atoms with Crippen LogP contribution in [0.5, 0.6) is 5.75 Å². The Morgan fingerprint density at radius 3 is 2.67 bits per heavy atom. The van der Waals surface area contributed by atoms with Gasteiger partial charge in [0.1, 0.15) is 11.6 Å². The van der Waals surface area contributed by atoms with Crippen LogP contribution in [0.2, 0.25) is 0 Å². The van der Waals surface area contributed by atoms with Gasteiger partial charge in [0.05, 0.1) is 12.9 Å². The van der Waals surface area contributed by atoms with E-state index in [2.05, 4.69) is 15.4 Å². The molecule has 1 saturated heterocycles. The minimum atomic E-state index is -0.250. The van der Waals surface area contributed by atoms with Crippen molar-refractivity contribution in [2.45, 2.75) is 6.92 Å². The average molecular weight is 467 g/mol. The van der Waals surface area contributed by atoms with Crippen LogP contribution in [-0.2, 0) is 0 Å². The van der Waals surface area contributed by atoms with Gasteiger partial charge in [0.15, 0.2) is 10.8 Å². The number of ether oxygens (including phenoxy) is 1. The number of nitrogens with one attached hydrogen (secondary N) is 1. The van der Waals surface area contributed by atoms with Gasteiger partial charge in [-0.15, -0.1) is 5.10 Å². The number of benzene rings is 1. The largest absolute Gasteiger partial charge is 0.494 e. The van der Waals surface area contributed by atoms with Gasteiger partial charge in [-0.3, -0.25) is 4.79 Å². The van der Waals surface area contributed by atoms with Gasteiger partial charge in [-0.1, -0.05) is 11.3 Å². The molecular formula is C22H22N6O4S. The smallest absolute Gasteiger partial charge is 0.321 e. The summed E-state index contributed by atoms with van der Waals surface area (Å²) in [5, 5.41) is 7.82. The first-order chi connectivity index (χ1) is 16.1. The molecule has 3 aromatic heterocycles. The monoisotopic (exact) mass is 466 g/mol. The molecule has 2 amide bonds. The quantitative estimate of drug-likeness (QED) is 0.482. The third-order valence-corrected chi connectivity index (χ3v) is 6.19. The number of hydrogen-bond donors (Lipinski definition) is 1. The van der Waals surface area contributed by atoms with Gasteiger partial charge in [-0.05, 0) is 43.3 Å². The van der Waals surface area contributed by atoms with E-state index in [9.17, 15) is 9.59 Å². The zero-order chi connectivity index (χ0) is 22.8. The predicted molar refractivity (Wildman–Crippen MR) is 125 cm³/mol. The number of carbonyl (C=O) groups excluding carboxylic acids is 1. The van der Waals surface area contributed by atoms with Gasteiger partial charge >= 0.3 is 6.03 Å². The molecule has 10 nitrogen and oxygen atoms in total. The second-order valence-corrected chi connectivity index (χ2v) is 8.35.